The van der Waals surface area contributed by atoms with Crippen LogP contribution in [0.1, 0.15) is 24.8 Å². The lowest BCUT2D eigenvalue weighted by atomic mass is 9.94. The van der Waals surface area contributed by atoms with Crippen molar-refractivity contribution in [3.8, 4) is 16.9 Å². The fourth-order valence-corrected chi connectivity index (χ4v) is 4.48. The van der Waals surface area contributed by atoms with Gasteiger partial charge in [-0.05, 0) is 83.9 Å². The molecule has 1 unspecified atom stereocenters. The van der Waals surface area contributed by atoms with Gasteiger partial charge in [0.2, 0.25) is 0 Å². The molecule has 0 aliphatic carbocycles. The summed E-state index contributed by atoms with van der Waals surface area (Å²) in [6.45, 7) is 3.15. The molecule has 1 saturated heterocycles. The van der Waals surface area contributed by atoms with Crippen molar-refractivity contribution in [2.75, 3.05) is 32.8 Å². The van der Waals surface area contributed by atoms with Crippen LogP contribution in [0.4, 0.5) is 0 Å². The first-order chi connectivity index (χ1) is 15.6. The molecule has 1 heterocycles. The normalized spacial score (nSPS) is 16.3. The zero-order chi connectivity index (χ0) is 22.3. The van der Waals surface area contributed by atoms with Gasteiger partial charge in [0.05, 0.1) is 6.61 Å². The number of nitrogens with zero attached hydrogens (tertiary/aromatic N) is 1. The van der Waals surface area contributed by atoms with Gasteiger partial charge in [-0.15, -0.1) is 0 Å². The van der Waals surface area contributed by atoms with E-state index < -0.39 is 6.10 Å². The number of rotatable bonds is 9. The maximum Gasteiger partial charge on any atom is 0.120 e. The Hall–Kier alpha value is -2.44. The highest BCUT2D eigenvalue weighted by Gasteiger charge is 2.20. The topological polar surface area (TPSA) is 73.2 Å². The second kappa shape index (κ2) is 10.9. The predicted octanol–water partition coefficient (Wildman–Crippen LogP) is 3.83. The maximum absolute atomic E-state index is 10.5. The number of ether oxygens (including phenoxy) is 1. The highest BCUT2D eigenvalue weighted by Crippen LogP contribution is 2.28. The first kappa shape index (κ1) is 22.7. The monoisotopic (exact) mass is 435 g/mol. The van der Waals surface area contributed by atoms with Crippen LogP contribution in [0.25, 0.3) is 21.9 Å². The predicted molar refractivity (Wildman–Crippen MR) is 128 cm³/mol. The second-order valence-corrected chi connectivity index (χ2v) is 8.80. The van der Waals surface area contributed by atoms with Crippen LogP contribution in [0.3, 0.4) is 0 Å². The van der Waals surface area contributed by atoms with Crippen LogP contribution >= 0.6 is 0 Å². The second-order valence-electron chi connectivity index (χ2n) is 8.80. The summed E-state index contributed by atoms with van der Waals surface area (Å²) in [6, 6.07) is 20.3. The van der Waals surface area contributed by atoms with Gasteiger partial charge < -0.3 is 25.0 Å². The number of aliphatic hydroxyl groups excluding tert-OH is 3. The van der Waals surface area contributed by atoms with Gasteiger partial charge in [0.25, 0.3) is 0 Å². The Morgan fingerprint density at radius 1 is 0.875 bits per heavy atom. The van der Waals surface area contributed by atoms with Crippen LogP contribution in [0.5, 0.6) is 5.75 Å². The molecule has 1 atom stereocenters. The van der Waals surface area contributed by atoms with Gasteiger partial charge in [-0.3, -0.25) is 0 Å². The number of piperidine rings is 1. The Morgan fingerprint density at radius 2 is 1.59 bits per heavy atom. The van der Waals surface area contributed by atoms with E-state index in [1.807, 2.05) is 42.5 Å². The average Bonchev–Trinajstić information content (AvgIpc) is 2.84. The first-order valence-corrected chi connectivity index (χ1v) is 11.5. The Morgan fingerprint density at radius 3 is 2.31 bits per heavy atom. The lowest BCUT2D eigenvalue weighted by Crippen LogP contribution is -2.40. The minimum absolute atomic E-state index is 0.0482. The number of fused-ring (bicyclic) bond motifs is 1. The molecule has 3 N–H and O–H groups in total. The van der Waals surface area contributed by atoms with Crippen LogP contribution in [0.15, 0.2) is 60.7 Å². The van der Waals surface area contributed by atoms with E-state index in [4.69, 9.17) is 9.84 Å². The van der Waals surface area contributed by atoms with Crippen molar-refractivity contribution in [2.24, 2.45) is 5.92 Å². The van der Waals surface area contributed by atoms with Crippen LogP contribution < -0.4 is 4.74 Å². The molecule has 3 aromatic rings. The van der Waals surface area contributed by atoms with Gasteiger partial charge in [0, 0.05) is 13.2 Å². The molecule has 1 fully saturated rings. The van der Waals surface area contributed by atoms with Crippen LogP contribution in [0.2, 0.25) is 0 Å². The quantitative estimate of drug-likeness (QED) is 0.476. The molecular formula is C27H33NO4. The summed E-state index contributed by atoms with van der Waals surface area (Å²) < 4.78 is 5.92. The summed E-state index contributed by atoms with van der Waals surface area (Å²) in [5.74, 6) is 1.37. The van der Waals surface area contributed by atoms with Gasteiger partial charge in [0.1, 0.15) is 18.5 Å². The highest BCUT2D eigenvalue weighted by molar-refractivity contribution is 5.88. The van der Waals surface area contributed by atoms with Crippen molar-refractivity contribution >= 4 is 10.8 Å². The molecule has 0 aromatic heterocycles. The fraction of sp³-hybridized carbons (Fsp3) is 0.407. The van der Waals surface area contributed by atoms with E-state index >= 15 is 0 Å². The van der Waals surface area contributed by atoms with Gasteiger partial charge in [-0.1, -0.05) is 42.5 Å². The van der Waals surface area contributed by atoms with Gasteiger partial charge in [0.15, 0.2) is 0 Å². The van der Waals surface area contributed by atoms with Crippen molar-refractivity contribution in [2.45, 2.75) is 32.0 Å². The van der Waals surface area contributed by atoms with Gasteiger partial charge >= 0.3 is 0 Å². The lowest BCUT2D eigenvalue weighted by molar-refractivity contribution is 0.0528. The summed E-state index contributed by atoms with van der Waals surface area (Å²) >= 11 is 0. The Labute approximate surface area is 189 Å². The summed E-state index contributed by atoms with van der Waals surface area (Å²) in [5, 5.41) is 31.0. The molecule has 4 rings (SSSR count). The van der Waals surface area contributed by atoms with Crippen molar-refractivity contribution in [3.63, 3.8) is 0 Å². The number of β-amino-alcohol motifs (C(OH)–C–C–N with tert-alkyl or cyclic N) is 1. The molecule has 0 radical (unpaired) electrons. The van der Waals surface area contributed by atoms with Crippen molar-refractivity contribution in [1.82, 2.24) is 4.90 Å². The first-order valence-electron chi connectivity index (χ1n) is 11.5. The SMILES string of the molecule is OCCC1CCN(CC(O)COc2ccc3ccc(-c4ccc(CO)cc4)cc3c2)CC1. The number of aliphatic hydroxyl groups is 3. The number of likely N-dealkylation sites (tertiary alicyclic amines) is 1. The summed E-state index contributed by atoms with van der Waals surface area (Å²) in [5.41, 5.74) is 3.12. The molecule has 0 spiro atoms. The van der Waals surface area contributed by atoms with Crippen molar-refractivity contribution in [3.05, 3.63) is 66.2 Å². The van der Waals surface area contributed by atoms with E-state index in [0.29, 0.717) is 12.5 Å². The van der Waals surface area contributed by atoms with Gasteiger partial charge in [-0.2, -0.15) is 0 Å². The van der Waals surface area contributed by atoms with Crippen molar-refractivity contribution in [1.29, 1.82) is 0 Å². The van der Waals surface area contributed by atoms with E-state index in [9.17, 15) is 10.2 Å². The third-order valence-corrected chi connectivity index (χ3v) is 6.44. The van der Waals surface area contributed by atoms with Gasteiger partial charge in [-0.25, -0.2) is 0 Å². The Kier molecular flexibility index (Phi) is 7.76. The molecule has 32 heavy (non-hydrogen) atoms. The van der Waals surface area contributed by atoms with Crippen LogP contribution in [0, 0.1) is 5.92 Å². The molecule has 5 nitrogen and oxygen atoms in total. The third kappa shape index (κ3) is 5.87. The van der Waals surface area contributed by atoms with E-state index in [0.717, 1.165) is 65.6 Å². The molecule has 1 aliphatic heterocycles. The van der Waals surface area contributed by atoms with Crippen LogP contribution in [-0.4, -0.2) is 59.2 Å². The standard InChI is InChI=1S/C27H33NO4/c29-14-11-20-9-12-28(13-10-20)17-26(31)19-32-27-8-7-23-5-6-24(15-25(23)16-27)22-3-1-21(18-30)2-4-22/h1-8,15-16,20,26,29-31H,9-14,17-19H2. The minimum atomic E-state index is -0.531. The molecule has 0 saturated carbocycles. The van der Waals surface area contributed by atoms with E-state index in [1.165, 1.54) is 0 Å². The lowest BCUT2D eigenvalue weighted by Gasteiger charge is -2.32. The highest BCUT2D eigenvalue weighted by atomic mass is 16.5. The largest absolute Gasteiger partial charge is 0.491 e. The number of benzene rings is 3. The molecular weight excluding hydrogens is 402 g/mol. The summed E-state index contributed by atoms with van der Waals surface area (Å²) in [4.78, 5) is 2.29. The molecule has 170 valence electrons. The Balaban J connectivity index is 1.34. The van der Waals surface area contributed by atoms with Crippen LogP contribution in [-0.2, 0) is 6.61 Å². The summed E-state index contributed by atoms with van der Waals surface area (Å²) in [7, 11) is 0. The zero-order valence-electron chi connectivity index (χ0n) is 18.5. The van der Waals surface area contributed by atoms with E-state index in [2.05, 4.69) is 23.1 Å². The number of hydrogen-bond acceptors (Lipinski definition) is 5. The third-order valence-electron chi connectivity index (χ3n) is 6.44. The molecule has 5 heteroatoms. The number of hydrogen-bond donors (Lipinski definition) is 3. The Bertz CT molecular complexity index is 996. The fourth-order valence-electron chi connectivity index (χ4n) is 4.48. The molecule has 3 aromatic carbocycles. The average molecular weight is 436 g/mol. The van der Waals surface area contributed by atoms with E-state index in [1.54, 1.807) is 0 Å². The zero-order valence-corrected chi connectivity index (χ0v) is 18.5. The summed E-state index contributed by atoms with van der Waals surface area (Å²) in [6.07, 6.45) is 2.53. The van der Waals surface area contributed by atoms with Crippen molar-refractivity contribution < 1.29 is 20.1 Å². The maximum atomic E-state index is 10.5. The van der Waals surface area contributed by atoms with E-state index in [-0.39, 0.29) is 19.8 Å². The smallest absolute Gasteiger partial charge is 0.120 e. The molecule has 1 aliphatic rings. The molecule has 0 bridgehead atoms. The molecule has 0 amide bonds. The minimum Gasteiger partial charge on any atom is -0.491 e.